The van der Waals surface area contributed by atoms with Crippen molar-refractivity contribution < 1.29 is 14.3 Å². The monoisotopic (exact) mass is 384 g/mol. The smallest absolute Gasteiger partial charge is 0.341 e. The zero-order valence-electron chi connectivity index (χ0n) is 14.1. The number of rotatable bonds is 7. The number of carbonyl (C=O) groups is 2. The highest BCUT2D eigenvalue weighted by Crippen LogP contribution is 2.34. The molecule has 0 aliphatic rings. The number of aromatic nitrogens is 1. The summed E-state index contributed by atoms with van der Waals surface area (Å²) in [5.41, 5.74) is 2.32. The van der Waals surface area contributed by atoms with Gasteiger partial charge in [-0.25, -0.2) is 9.78 Å². The molecule has 5 nitrogen and oxygen atoms in total. The second-order valence-electron chi connectivity index (χ2n) is 5.02. The number of hydrogen-bond donors (Lipinski definition) is 1. The molecular formula is C16H20N2O3S3. The number of thioether (sulfide) groups is 1. The number of anilines is 1. The Morgan fingerprint density at radius 2 is 2.08 bits per heavy atom. The number of amides is 1. The first kappa shape index (κ1) is 19.0. The van der Waals surface area contributed by atoms with Gasteiger partial charge < -0.3 is 10.1 Å². The molecule has 0 atom stereocenters. The van der Waals surface area contributed by atoms with Gasteiger partial charge in [-0.3, -0.25) is 4.79 Å². The second-order valence-corrected chi connectivity index (χ2v) is 8.21. The Hall–Kier alpha value is -1.38. The van der Waals surface area contributed by atoms with Crippen molar-refractivity contribution in [3.63, 3.8) is 0 Å². The molecule has 1 N–H and O–H groups in total. The third-order valence-corrected chi connectivity index (χ3v) is 6.71. The molecule has 0 unspecified atom stereocenters. The quantitative estimate of drug-likeness (QED) is 0.570. The Morgan fingerprint density at radius 3 is 2.67 bits per heavy atom. The van der Waals surface area contributed by atoms with Gasteiger partial charge in [0.2, 0.25) is 5.91 Å². The minimum atomic E-state index is -0.385. The third-order valence-electron chi connectivity index (χ3n) is 3.22. The highest BCUT2D eigenvalue weighted by Gasteiger charge is 2.23. The summed E-state index contributed by atoms with van der Waals surface area (Å²) in [7, 11) is 0. The lowest BCUT2D eigenvalue weighted by molar-refractivity contribution is -0.113. The van der Waals surface area contributed by atoms with Gasteiger partial charge in [0.05, 0.1) is 17.9 Å². The van der Waals surface area contributed by atoms with E-state index >= 15 is 0 Å². The van der Waals surface area contributed by atoms with Gasteiger partial charge in [0, 0.05) is 16.0 Å². The zero-order valence-corrected chi connectivity index (χ0v) is 16.5. The van der Waals surface area contributed by atoms with E-state index in [0.29, 0.717) is 17.2 Å². The van der Waals surface area contributed by atoms with Crippen LogP contribution in [0.2, 0.25) is 0 Å². The molecule has 0 bridgehead atoms. The predicted octanol–water partition coefficient (Wildman–Crippen LogP) is 4.29. The molecule has 2 heterocycles. The van der Waals surface area contributed by atoms with Crippen LogP contribution >= 0.6 is 34.4 Å². The SMILES string of the molecule is CCOC(=O)c1c(NC(=O)CSc2nc(C)cs2)sc(CC)c1C. The number of thiophene rings is 1. The second kappa shape index (κ2) is 8.64. The third kappa shape index (κ3) is 4.58. The largest absolute Gasteiger partial charge is 0.462 e. The van der Waals surface area contributed by atoms with E-state index in [9.17, 15) is 9.59 Å². The van der Waals surface area contributed by atoms with E-state index in [2.05, 4.69) is 10.3 Å². The summed E-state index contributed by atoms with van der Waals surface area (Å²) in [5.74, 6) is -0.278. The Bertz CT molecular complexity index is 737. The normalized spacial score (nSPS) is 10.7. The number of thiazole rings is 1. The summed E-state index contributed by atoms with van der Waals surface area (Å²) < 4.78 is 5.99. The van der Waals surface area contributed by atoms with Crippen molar-refractivity contribution in [2.24, 2.45) is 0 Å². The minimum absolute atomic E-state index is 0.151. The van der Waals surface area contributed by atoms with Gasteiger partial charge in [-0.2, -0.15) is 0 Å². The van der Waals surface area contributed by atoms with Crippen molar-refractivity contribution in [2.45, 2.75) is 38.5 Å². The summed E-state index contributed by atoms with van der Waals surface area (Å²) in [6.45, 7) is 7.92. The van der Waals surface area contributed by atoms with Gasteiger partial charge >= 0.3 is 5.97 Å². The van der Waals surface area contributed by atoms with E-state index < -0.39 is 0 Å². The van der Waals surface area contributed by atoms with Gasteiger partial charge in [-0.05, 0) is 32.8 Å². The van der Waals surface area contributed by atoms with Gasteiger partial charge in [0.1, 0.15) is 5.00 Å². The number of ether oxygens (including phenoxy) is 1. The van der Waals surface area contributed by atoms with Crippen molar-refractivity contribution in [2.75, 3.05) is 17.7 Å². The maximum absolute atomic E-state index is 12.2. The topological polar surface area (TPSA) is 68.3 Å². The number of nitrogens with zero attached hydrogens (tertiary/aromatic N) is 1. The molecule has 0 aliphatic heterocycles. The number of hydrogen-bond acceptors (Lipinski definition) is 7. The van der Waals surface area contributed by atoms with E-state index in [-0.39, 0.29) is 17.6 Å². The van der Waals surface area contributed by atoms with E-state index in [1.807, 2.05) is 26.2 Å². The number of carbonyl (C=O) groups excluding carboxylic acids is 2. The average Bonchev–Trinajstić information content (AvgIpc) is 3.08. The Morgan fingerprint density at radius 1 is 1.33 bits per heavy atom. The molecular weight excluding hydrogens is 364 g/mol. The van der Waals surface area contributed by atoms with Crippen LogP contribution in [0.3, 0.4) is 0 Å². The van der Waals surface area contributed by atoms with Crippen molar-refractivity contribution in [3.05, 3.63) is 27.1 Å². The summed E-state index contributed by atoms with van der Waals surface area (Å²) >= 11 is 4.36. The molecule has 0 saturated carbocycles. The Kier molecular flexibility index (Phi) is 6.82. The van der Waals surface area contributed by atoms with Crippen LogP contribution in [0.15, 0.2) is 9.72 Å². The highest BCUT2D eigenvalue weighted by atomic mass is 32.2. The van der Waals surface area contributed by atoms with Crippen LogP contribution < -0.4 is 5.32 Å². The van der Waals surface area contributed by atoms with Crippen molar-refractivity contribution >= 4 is 51.3 Å². The summed E-state index contributed by atoms with van der Waals surface area (Å²) in [6, 6.07) is 0. The van der Waals surface area contributed by atoms with Crippen LogP contribution in [0, 0.1) is 13.8 Å². The molecule has 0 aliphatic carbocycles. The van der Waals surface area contributed by atoms with Crippen molar-refractivity contribution in [1.29, 1.82) is 0 Å². The molecule has 0 spiro atoms. The molecule has 24 heavy (non-hydrogen) atoms. The van der Waals surface area contributed by atoms with E-state index in [1.54, 1.807) is 6.92 Å². The fraction of sp³-hybridized carbons (Fsp3) is 0.438. The average molecular weight is 385 g/mol. The van der Waals surface area contributed by atoms with E-state index in [0.717, 1.165) is 26.9 Å². The molecule has 0 radical (unpaired) electrons. The lowest BCUT2D eigenvalue weighted by Gasteiger charge is -2.06. The highest BCUT2D eigenvalue weighted by molar-refractivity contribution is 8.01. The van der Waals surface area contributed by atoms with Crippen molar-refractivity contribution in [1.82, 2.24) is 4.98 Å². The van der Waals surface area contributed by atoms with Crippen LogP contribution in [0.4, 0.5) is 5.00 Å². The first-order valence-corrected chi connectivity index (χ1v) is 10.3. The molecule has 8 heteroatoms. The first-order chi connectivity index (χ1) is 11.5. The fourth-order valence-electron chi connectivity index (χ4n) is 2.12. The molecule has 2 aromatic rings. The number of nitrogens with one attached hydrogen (secondary N) is 1. The fourth-order valence-corrected chi connectivity index (χ4v) is 4.92. The molecule has 0 aromatic carbocycles. The van der Waals surface area contributed by atoms with Crippen LogP contribution in [0.5, 0.6) is 0 Å². The van der Waals surface area contributed by atoms with Gasteiger partial charge in [0.15, 0.2) is 4.34 Å². The zero-order chi connectivity index (χ0) is 17.7. The van der Waals surface area contributed by atoms with Crippen LogP contribution in [0.1, 0.15) is 40.3 Å². The predicted molar refractivity (Wildman–Crippen MR) is 101 cm³/mol. The molecule has 1 amide bonds. The number of esters is 1. The number of aryl methyl sites for hydroxylation is 2. The summed E-state index contributed by atoms with van der Waals surface area (Å²) in [4.78, 5) is 29.8. The molecule has 0 saturated heterocycles. The maximum Gasteiger partial charge on any atom is 0.341 e. The minimum Gasteiger partial charge on any atom is -0.462 e. The van der Waals surface area contributed by atoms with E-state index in [4.69, 9.17) is 4.74 Å². The van der Waals surface area contributed by atoms with Gasteiger partial charge in [-0.1, -0.05) is 18.7 Å². The summed E-state index contributed by atoms with van der Waals surface area (Å²) in [6.07, 6.45) is 0.811. The molecule has 2 aromatic heterocycles. The lowest BCUT2D eigenvalue weighted by Crippen LogP contribution is -2.16. The molecule has 2 rings (SSSR count). The van der Waals surface area contributed by atoms with Crippen LogP contribution in [0.25, 0.3) is 0 Å². The summed E-state index contributed by atoms with van der Waals surface area (Å²) in [5, 5.41) is 5.38. The van der Waals surface area contributed by atoms with Gasteiger partial charge in [-0.15, -0.1) is 22.7 Å². The molecule has 0 fully saturated rings. The van der Waals surface area contributed by atoms with Crippen molar-refractivity contribution in [3.8, 4) is 0 Å². The maximum atomic E-state index is 12.2. The Labute approximate surface area is 153 Å². The first-order valence-electron chi connectivity index (χ1n) is 7.60. The van der Waals surface area contributed by atoms with Gasteiger partial charge in [0.25, 0.3) is 0 Å². The van der Waals surface area contributed by atoms with Crippen LogP contribution in [-0.4, -0.2) is 29.2 Å². The Balaban J connectivity index is 2.09. The van der Waals surface area contributed by atoms with E-state index in [1.165, 1.54) is 34.4 Å². The standard InChI is InChI=1S/C16H20N2O3S3/c1-5-11-10(4)13(15(20)21-6-2)14(24-11)18-12(19)8-23-16-17-9(3)7-22-16/h7H,5-6,8H2,1-4H3,(H,18,19). The molecule has 130 valence electrons. The lowest BCUT2D eigenvalue weighted by atomic mass is 10.1. The van der Waals surface area contributed by atoms with Crippen LogP contribution in [-0.2, 0) is 16.0 Å².